The Bertz CT molecular complexity index is 84.6. The molecule has 0 aliphatic heterocycles. The van der Waals surface area contributed by atoms with E-state index in [1.807, 2.05) is 0 Å². The average molecular weight is 138 g/mol. The van der Waals surface area contributed by atoms with E-state index in [0.29, 0.717) is 0 Å². The zero-order valence-corrected chi connectivity index (χ0v) is 7.14. The highest BCUT2D eigenvalue weighted by atomic mass is 13.9. The normalized spacial score (nSPS) is 11.8. The standard InChI is InChI=1S/C10H18/c1-3-5-7-9-10-8-6-4-2/h3-6H,7-10H2,1-2H3/b5-3+,6-4+. The monoisotopic (exact) mass is 138 g/mol. The third-order valence-corrected chi connectivity index (χ3v) is 1.46. The van der Waals surface area contributed by atoms with Crippen LogP contribution in [0.2, 0.25) is 0 Å². The highest BCUT2D eigenvalue weighted by molar-refractivity contribution is 4.79. The van der Waals surface area contributed by atoms with Crippen LogP contribution in [0.1, 0.15) is 39.5 Å². The molecular formula is C10H18. The van der Waals surface area contributed by atoms with Crippen molar-refractivity contribution in [1.29, 1.82) is 0 Å². The molecule has 0 radical (unpaired) electrons. The first kappa shape index (κ1) is 9.48. The predicted molar refractivity (Wildman–Crippen MR) is 48.1 cm³/mol. The highest BCUT2D eigenvalue weighted by Crippen LogP contribution is 2.00. The molecule has 0 N–H and O–H groups in total. The second kappa shape index (κ2) is 8.48. The van der Waals surface area contributed by atoms with Gasteiger partial charge in [-0.25, -0.2) is 0 Å². The maximum atomic E-state index is 2.23. The van der Waals surface area contributed by atoms with Gasteiger partial charge in [-0.3, -0.25) is 0 Å². The summed E-state index contributed by atoms with van der Waals surface area (Å²) in [5.74, 6) is 0. The van der Waals surface area contributed by atoms with Gasteiger partial charge >= 0.3 is 0 Å². The molecule has 58 valence electrons. The summed E-state index contributed by atoms with van der Waals surface area (Å²) in [4.78, 5) is 0. The third kappa shape index (κ3) is 7.48. The molecule has 0 saturated carbocycles. The van der Waals surface area contributed by atoms with E-state index in [9.17, 15) is 0 Å². The van der Waals surface area contributed by atoms with Crippen LogP contribution < -0.4 is 0 Å². The number of allylic oxidation sites excluding steroid dienone is 4. The van der Waals surface area contributed by atoms with Crippen LogP contribution in [0, 0.1) is 0 Å². The van der Waals surface area contributed by atoms with E-state index in [-0.39, 0.29) is 0 Å². The van der Waals surface area contributed by atoms with Crippen molar-refractivity contribution in [3.05, 3.63) is 24.3 Å². The lowest BCUT2D eigenvalue weighted by Gasteiger charge is -1.90. The van der Waals surface area contributed by atoms with E-state index in [2.05, 4.69) is 38.2 Å². The molecule has 0 saturated heterocycles. The van der Waals surface area contributed by atoms with Crippen LogP contribution >= 0.6 is 0 Å². The minimum Gasteiger partial charge on any atom is -0.0917 e. The quantitative estimate of drug-likeness (QED) is 0.401. The molecule has 0 amide bonds. The molecule has 0 heterocycles. The second-order valence-corrected chi connectivity index (χ2v) is 2.42. The van der Waals surface area contributed by atoms with Crippen molar-refractivity contribution in [3.63, 3.8) is 0 Å². The molecular weight excluding hydrogens is 120 g/mol. The minimum absolute atomic E-state index is 1.24. The van der Waals surface area contributed by atoms with Gasteiger partial charge in [0.15, 0.2) is 0 Å². The molecule has 0 bridgehead atoms. The van der Waals surface area contributed by atoms with Gasteiger partial charge in [-0.05, 0) is 39.5 Å². The molecule has 0 unspecified atom stereocenters. The van der Waals surface area contributed by atoms with Crippen LogP contribution in [0.15, 0.2) is 24.3 Å². The SMILES string of the molecule is C/C=C/CCCC/C=C/C. The van der Waals surface area contributed by atoms with Gasteiger partial charge in [0.1, 0.15) is 0 Å². The van der Waals surface area contributed by atoms with Gasteiger partial charge in [-0.2, -0.15) is 0 Å². The van der Waals surface area contributed by atoms with Crippen molar-refractivity contribution in [2.75, 3.05) is 0 Å². The summed E-state index contributed by atoms with van der Waals surface area (Å²) in [6, 6.07) is 0. The lowest BCUT2D eigenvalue weighted by molar-refractivity contribution is 0.761. The first-order valence-corrected chi connectivity index (χ1v) is 4.14. The van der Waals surface area contributed by atoms with Crippen molar-refractivity contribution in [2.45, 2.75) is 39.5 Å². The lowest BCUT2D eigenvalue weighted by Crippen LogP contribution is -1.71. The Kier molecular flexibility index (Phi) is 8.04. The third-order valence-electron chi connectivity index (χ3n) is 1.46. The summed E-state index contributed by atoms with van der Waals surface area (Å²) in [6.45, 7) is 4.15. The summed E-state index contributed by atoms with van der Waals surface area (Å²) < 4.78 is 0. The van der Waals surface area contributed by atoms with Gasteiger partial charge < -0.3 is 0 Å². The largest absolute Gasteiger partial charge is 0.0917 e. The summed E-state index contributed by atoms with van der Waals surface area (Å²) in [6.07, 6.45) is 13.8. The number of hydrogen-bond acceptors (Lipinski definition) is 0. The molecule has 0 nitrogen and oxygen atoms in total. The highest BCUT2D eigenvalue weighted by Gasteiger charge is 1.80. The fraction of sp³-hybridized carbons (Fsp3) is 0.600. The molecule has 0 aromatic carbocycles. The van der Waals surface area contributed by atoms with E-state index in [1.165, 1.54) is 25.7 Å². The molecule has 0 rings (SSSR count). The molecule has 10 heavy (non-hydrogen) atoms. The lowest BCUT2D eigenvalue weighted by atomic mass is 10.2. The molecule has 0 heteroatoms. The van der Waals surface area contributed by atoms with Crippen LogP contribution in [0.5, 0.6) is 0 Å². The number of unbranched alkanes of at least 4 members (excludes halogenated alkanes) is 3. The van der Waals surface area contributed by atoms with E-state index in [0.717, 1.165) is 0 Å². The fourth-order valence-electron chi connectivity index (χ4n) is 0.858. The number of rotatable bonds is 5. The van der Waals surface area contributed by atoms with Gasteiger partial charge in [0, 0.05) is 0 Å². The zero-order valence-electron chi connectivity index (χ0n) is 7.14. The van der Waals surface area contributed by atoms with Gasteiger partial charge in [-0.15, -0.1) is 0 Å². The number of hydrogen-bond donors (Lipinski definition) is 0. The van der Waals surface area contributed by atoms with E-state index < -0.39 is 0 Å². The van der Waals surface area contributed by atoms with Crippen LogP contribution in [0.3, 0.4) is 0 Å². The molecule has 0 aliphatic rings. The van der Waals surface area contributed by atoms with Crippen LogP contribution in [0.4, 0.5) is 0 Å². The van der Waals surface area contributed by atoms with Crippen molar-refractivity contribution in [3.8, 4) is 0 Å². The summed E-state index contributed by atoms with van der Waals surface area (Å²) in [5.41, 5.74) is 0. The predicted octanol–water partition coefficient (Wildman–Crippen LogP) is 3.70. The van der Waals surface area contributed by atoms with Crippen molar-refractivity contribution < 1.29 is 0 Å². The van der Waals surface area contributed by atoms with E-state index in [4.69, 9.17) is 0 Å². The van der Waals surface area contributed by atoms with Gasteiger partial charge in [-0.1, -0.05) is 24.3 Å². The minimum atomic E-state index is 1.24. The Hall–Kier alpha value is -0.520. The smallest absolute Gasteiger partial charge is 0.0351 e. The Labute approximate surface area is 64.6 Å². The van der Waals surface area contributed by atoms with E-state index in [1.54, 1.807) is 0 Å². The first-order chi connectivity index (χ1) is 4.91. The summed E-state index contributed by atoms with van der Waals surface area (Å²) in [5, 5.41) is 0. The van der Waals surface area contributed by atoms with Crippen LogP contribution in [-0.2, 0) is 0 Å². The first-order valence-electron chi connectivity index (χ1n) is 4.14. The van der Waals surface area contributed by atoms with Crippen molar-refractivity contribution in [1.82, 2.24) is 0 Å². The van der Waals surface area contributed by atoms with Crippen molar-refractivity contribution >= 4 is 0 Å². The van der Waals surface area contributed by atoms with Crippen molar-refractivity contribution in [2.24, 2.45) is 0 Å². The van der Waals surface area contributed by atoms with Gasteiger partial charge in [0.2, 0.25) is 0 Å². The zero-order chi connectivity index (χ0) is 7.66. The molecule has 0 spiro atoms. The Morgan fingerprint density at radius 2 is 1.20 bits per heavy atom. The topological polar surface area (TPSA) is 0 Å². The fourth-order valence-corrected chi connectivity index (χ4v) is 0.858. The van der Waals surface area contributed by atoms with Crippen LogP contribution in [0.25, 0.3) is 0 Å². The average Bonchev–Trinajstić information content (AvgIpc) is 1.97. The maximum Gasteiger partial charge on any atom is -0.0351 e. The van der Waals surface area contributed by atoms with Crippen LogP contribution in [-0.4, -0.2) is 0 Å². The maximum absolute atomic E-state index is 2.23. The summed E-state index contributed by atoms with van der Waals surface area (Å²) in [7, 11) is 0. The molecule has 0 aromatic rings. The molecule has 0 aliphatic carbocycles. The van der Waals surface area contributed by atoms with E-state index >= 15 is 0 Å². The Balaban J connectivity index is 2.90. The Morgan fingerprint density at radius 3 is 1.50 bits per heavy atom. The Morgan fingerprint density at radius 1 is 0.800 bits per heavy atom. The molecule has 0 atom stereocenters. The summed E-state index contributed by atoms with van der Waals surface area (Å²) >= 11 is 0. The molecule has 0 fully saturated rings. The molecule has 0 aromatic heterocycles. The van der Waals surface area contributed by atoms with Gasteiger partial charge in [0.05, 0.1) is 0 Å². The van der Waals surface area contributed by atoms with Gasteiger partial charge in [0.25, 0.3) is 0 Å². The second-order valence-electron chi connectivity index (χ2n) is 2.42.